The van der Waals surface area contributed by atoms with E-state index in [2.05, 4.69) is 9.97 Å². The zero-order chi connectivity index (χ0) is 18.8. The van der Waals surface area contributed by atoms with E-state index in [1.807, 2.05) is 6.07 Å². The molecule has 3 heterocycles. The number of nitrogens with zero attached hydrogens (tertiary/aromatic N) is 2. The third-order valence-corrected chi connectivity index (χ3v) is 4.04. The van der Waals surface area contributed by atoms with Crippen molar-refractivity contribution in [1.82, 2.24) is 9.97 Å². The summed E-state index contributed by atoms with van der Waals surface area (Å²) < 4.78 is 11.1. The van der Waals surface area contributed by atoms with Crippen LogP contribution in [0.1, 0.15) is 32.0 Å². The molecule has 0 unspecified atom stereocenters. The fraction of sp³-hybridized carbons (Fsp3) is 0.0476. The maximum Gasteiger partial charge on any atom is 0.343 e. The molecule has 6 heteroatoms. The van der Waals surface area contributed by atoms with Gasteiger partial charge in [-0.05, 0) is 42.8 Å². The Bertz CT molecular complexity index is 1060. The molecule has 0 radical (unpaired) electrons. The van der Waals surface area contributed by atoms with Crippen LogP contribution in [0.3, 0.4) is 0 Å². The zero-order valence-corrected chi connectivity index (χ0v) is 14.4. The molecule has 1 aliphatic rings. The zero-order valence-electron chi connectivity index (χ0n) is 14.4. The van der Waals surface area contributed by atoms with Crippen molar-refractivity contribution >= 4 is 17.8 Å². The summed E-state index contributed by atoms with van der Waals surface area (Å²) in [6, 6.07) is 11.7. The third-order valence-electron chi connectivity index (χ3n) is 4.04. The number of hydrogen-bond acceptors (Lipinski definition) is 6. The number of ether oxygens (including phenoxy) is 2. The maximum absolute atomic E-state index is 12.6. The van der Waals surface area contributed by atoms with E-state index in [9.17, 15) is 9.59 Å². The molecule has 0 amide bonds. The van der Waals surface area contributed by atoms with Crippen LogP contribution in [0.15, 0.2) is 66.8 Å². The Morgan fingerprint density at radius 1 is 1.11 bits per heavy atom. The van der Waals surface area contributed by atoms with Gasteiger partial charge in [0.2, 0.25) is 5.78 Å². The smallest absolute Gasteiger partial charge is 0.343 e. The van der Waals surface area contributed by atoms with Crippen LogP contribution in [-0.2, 0) is 0 Å². The highest BCUT2D eigenvalue weighted by Crippen LogP contribution is 2.37. The third kappa shape index (κ3) is 3.32. The van der Waals surface area contributed by atoms with Gasteiger partial charge in [0.25, 0.3) is 0 Å². The first-order valence-electron chi connectivity index (χ1n) is 8.24. The highest BCUT2D eigenvalue weighted by molar-refractivity contribution is 6.15. The van der Waals surface area contributed by atoms with Gasteiger partial charge >= 0.3 is 5.97 Å². The monoisotopic (exact) mass is 358 g/mol. The van der Waals surface area contributed by atoms with Crippen molar-refractivity contribution in [2.75, 3.05) is 0 Å². The summed E-state index contributed by atoms with van der Waals surface area (Å²) in [6.45, 7) is 1.77. The number of carbonyl (C=O) groups excluding carboxylic acids is 2. The molecule has 4 rings (SSSR count). The number of hydrogen-bond donors (Lipinski definition) is 0. The number of allylic oxidation sites excluding steroid dienone is 1. The highest BCUT2D eigenvalue weighted by atomic mass is 16.5. The average Bonchev–Trinajstić information content (AvgIpc) is 2.99. The van der Waals surface area contributed by atoms with E-state index in [1.165, 1.54) is 12.4 Å². The molecule has 1 aromatic carbocycles. The predicted molar refractivity (Wildman–Crippen MR) is 97.5 cm³/mol. The molecule has 0 saturated heterocycles. The molecule has 0 fully saturated rings. The highest BCUT2D eigenvalue weighted by Gasteiger charge is 2.30. The Kier molecular flexibility index (Phi) is 4.22. The normalized spacial score (nSPS) is 14.0. The molecule has 0 N–H and O–H groups in total. The van der Waals surface area contributed by atoms with Gasteiger partial charge in [0.1, 0.15) is 11.5 Å². The van der Waals surface area contributed by atoms with Gasteiger partial charge in [-0.2, -0.15) is 0 Å². The van der Waals surface area contributed by atoms with Gasteiger partial charge in [-0.15, -0.1) is 0 Å². The van der Waals surface area contributed by atoms with Gasteiger partial charge in [0, 0.05) is 30.7 Å². The Morgan fingerprint density at radius 2 is 1.93 bits per heavy atom. The van der Waals surface area contributed by atoms with Gasteiger partial charge in [0.15, 0.2) is 5.76 Å². The first kappa shape index (κ1) is 16.7. The van der Waals surface area contributed by atoms with Gasteiger partial charge < -0.3 is 9.47 Å². The number of aryl methyl sites for hydroxylation is 1. The number of pyridine rings is 2. The minimum absolute atomic E-state index is 0.185. The SMILES string of the molecule is Cc1cc(OC(=O)c2ccncc2)cc2c1C(=O)/C(=C/c1ccccn1)O2. The fourth-order valence-electron chi connectivity index (χ4n) is 2.79. The number of fused-ring (bicyclic) bond motifs is 1. The standard InChI is InChI=1S/C21H14N2O4/c1-13-10-16(26-21(25)14-5-8-22-9-6-14)12-17-19(13)20(24)18(27-17)11-15-4-2-3-7-23-15/h2-12H,1H3/b18-11-. The molecule has 0 spiro atoms. The van der Waals surface area contributed by atoms with Crippen molar-refractivity contribution in [3.63, 3.8) is 0 Å². The second-order valence-corrected chi connectivity index (χ2v) is 5.93. The summed E-state index contributed by atoms with van der Waals surface area (Å²) in [6.07, 6.45) is 6.26. The van der Waals surface area contributed by atoms with Crippen LogP contribution >= 0.6 is 0 Å². The summed E-state index contributed by atoms with van der Waals surface area (Å²) in [7, 11) is 0. The van der Waals surface area contributed by atoms with Crippen molar-refractivity contribution in [2.45, 2.75) is 6.92 Å². The Hall–Kier alpha value is -3.80. The summed E-state index contributed by atoms with van der Waals surface area (Å²) in [4.78, 5) is 32.9. The molecule has 0 bridgehead atoms. The summed E-state index contributed by atoms with van der Waals surface area (Å²) >= 11 is 0. The molecule has 6 nitrogen and oxygen atoms in total. The Balaban J connectivity index is 1.62. The van der Waals surface area contributed by atoms with Crippen molar-refractivity contribution < 1.29 is 19.1 Å². The van der Waals surface area contributed by atoms with E-state index in [4.69, 9.17) is 9.47 Å². The van der Waals surface area contributed by atoms with Gasteiger partial charge in [-0.25, -0.2) is 4.79 Å². The number of esters is 1. The minimum Gasteiger partial charge on any atom is -0.452 e. The number of aromatic nitrogens is 2. The lowest BCUT2D eigenvalue weighted by atomic mass is 10.0. The summed E-state index contributed by atoms with van der Waals surface area (Å²) in [5.41, 5.74) is 2.13. The molecule has 0 atom stereocenters. The van der Waals surface area contributed by atoms with Crippen LogP contribution in [-0.4, -0.2) is 21.7 Å². The maximum atomic E-state index is 12.6. The van der Waals surface area contributed by atoms with Crippen LogP contribution in [0.2, 0.25) is 0 Å². The topological polar surface area (TPSA) is 78.4 Å². The largest absolute Gasteiger partial charge is 0.452 e. The quantitative estimate of drug-likeness (QED) is 0.404. The molecule has 3 aromatic rings. The van der Waals surface area contributed by atoms with E-state index < -0.39 is 5.97 Å². The van der Waals surface area contributed by atoms with Crippen molar-refractivity contribution in [3.8, 4) is 11.5 Å². The van der Waals surface area contributed by atoms with Crippen LogP contribution in [0.4, 0.5) is 0 Å². The number of rotatable bonds is 3. The van der Waals surface area contributed by atoms with Crippen molar-refractivity contribution in [2.24, 2.45) is 0 Å². The minimum atomic E-state index is -0.509. The van der Waals surface area contributed by atoms with E-state index in [-0.39, 0.29) is 11.5 Å². The molecule has 0 aliphatic carbocycles. The van der Waals surface area contributed by atoms with Gasteiger partial charge in [0.05, 0.1) is 16.8 Å². The predicted octanol–water partition coefficient (Wildman–Crippen LogP) is 3.62. The van der Waals surface area contributed by atoms with Crippen LogP contribution in [0.25, 0.3) is 6.08 Å². The lowest BCUT2D eigenvalue weighted by molar-refractivity contribution is 0.0734. The lowest BCUT2D eigenvalue weighted by Gasteiger charge is -2.07. The molecule has 2 aromatic heterocycles. The van der Waals surface area contributed by atoms with E-state index in [0.717, 1.165) is 0 Å². The summed E-state index contributed by atoms with van der Waals surface area (Å²) in [5, 5.41) is 0. The summed E-state index contributed by atoms with van der Waals surface area (Å²) in [5.74, 6) is 0.120. The van der Waals surface area contributed by atoms with E-state index >= 15 is 0 Å². The van der Waals surface area contributed by atoms with Crippen LogP contribution < -0.4 is 9.47 Å². The first-order valence-corrected chi connectivity index (χ1v) is 8.24. The second-order valence-electron chi connectivity index (χ2n) is 5.93. The van der Waals surface area contributed by atoms with E-state index in [0.29, 0.717) is 33.9 Å². The van der Waals surface area contributed by atoms with E-state index in [1.54, 1.807) is 55.6 Å². The number of Topliss-reactive ketones (excluding diaryl/α,β-unsaturated/α-hetero) is 1. The average molecular weight is 358 g/mol. The number of carbonyl (C=O) groups is 2. The lowest BCUT2D eigenvalue weighted by Crippen LogP contribution is -2.08. The second kappa shape index (κ2) is 6.84. The molecule has 27 heavy (non-hydrogen) atoms. The fourth-order valence-corrected chi connectivity index (χ4v) is 2.79. The van der Waals surface area contributed by atoms with Gasteiger partial charge in [-0.1, -0.05) is 6.07 Å². The molecule has 1 aliphatic heterocycles. The first-order chi connectivity index (χ1) is 13.1. The van der Waals surface area contributed by atoms with Crippen LogP contribution in [0.5, 0.6) is 11.5 Å². The molecular weight excluding hydrogens is 344 g/mol. The Labute approximate surface area is 155 Å². The molecular formula is C21H14N2O4. The number of benzene rings is 1. The van der Waals surface area contributed by atoms with Gasteiger partial charge in [-0.3, -0.25) is 14.8 Å². The van der Waals surface area contributed by atoms with Crippen molar-refractivity contribution in [1.29, 1.82) is 0 Å². The molecule has 0 saturated carbocycles. The van der Waals surface area contributed by atoms with Crippen molar-refractivity contribution in [3.05, 3.63) is 89.2 Å². The number of ketones is 1. The Morgan fingerprint density at radius 3 is 2.67 bits per heavy atom. The van der Waals surface area contributed by atoms with Crippen LogP contribution in [0, 0.1) is 6.92 Å². The molecule has 132 valence electrons.